The number of ether oxygens (including phenoxy) is 1. The molecule has 100 valence electrons. The molecule has 0 aromatic heterocycles. The molecule has 1 aromatic rings. The Morgan fingerprint density at radius 2 is 2.06 bits per heavy atom. The maximum absolute atomic E-state index is 11.6. The summed E-state index contributed by atoms with van der Waals surface area (Å²) in [4.78, 5) is 11.6. The van der Waals surface area contributed by atoms with Crippen LogP contribution in [-0.2, 0) is 4.79 Å². The van der Waals surface area contributed by atoms with Gasteiger partial charge in [-0.05, 0) is 30.5 Å². The highest BCUT2D eigenvalue weighted by atomic mass is 16.5. The van der Waals surface area contributed by atoms with Gasteiger partial charge < -0.3 is 15.2 Å². The number of aliphatic hydroxyl groups excluding tert-OH is 1. The van der Waals surface area contributed by atoms with Crippen molar-refractivity contribution in [3.05, 3.63) is 29.8 Å². The van der Waals surface area contributed by atoms with E-state index in [0.717, 1.165) is 17.7 Å². The van der Waals surface area contributed by atoms with Crippen molar-refractivity contribution in [1.82, 2.24) is 5.32 Å². The monoisotopic (exact) mass is 251 g/mol. The van der Waals surface area contributed by atoms with E-state index in [1.54, 1.807) is 7.11 Å². The van der Waals surface area contributed by atoms with Crippen molar-refractivity contribution in [2.45, 2.75) is 32.2 Å². The number of aliphatic hydroxyl groups is 1. The Morgan fingerprint density at radius 1 is 1.39 bits per heavy atom. The number of rotatable bonds is 7. The van der Waals surface area contributed by atoms with Gasteiger partial charge in [-0.2, -0.15) is 0 Å². The van der Waals surface area contributed by atoms with Crippen LogP contribution < -0.4 is 10.1 Å². The molecule has 1 rings (SSSR count). The van der Waals surface area contributed by atoms with Crippen LogP contribution in [-0.4, -0.2) is 24.7 Å². The number of benzene rings is 1. The highest BCUT2D eigenvalue weighted by Crippen LogP contribution is 2.20. The highest BCUT2D eigenvalue weighted by molar-refractivity contribution is 5.76. The van der Waals surface area contributed by atoms with Crippen molar-refractivity contribution >= 4 is 5.91 Å². The molecule has 1 atom stereocenters. The summed E-state index contributed by atoms with van der Waals surface area (Å²) in [6.07, 6.45) is 1.70. The van der Waals surface area contributed by atoms with Crippen LogP contribution in [0.4, 0.5) is 0 Å². The van der Waals surface area contributed by atoms with Gasteiger partial charge in [0, 0.05) is 13.0 Å². The Labute approximate surface area is 108 Å². The van der Waals surface area contributed by atoms with Crippen LogP contribution in [0, 0.1) is 0 Å². The fourth-order valence-corrected chi connectivity index (χ4v) is 1.76. The molecular formula is C14H21NO3. The van der Waals surface area contributed by atoms with E-state index in [-0.39, 0.29) is 18.6 Å². The topological polar surface area (TPSA) is 58.6 Å². The Morgan fingerprint density at radius 3 is 2.56 bits per heavy atom. The predicted octanol–water partition coefficient (Wildman–Crippen LogP) is 2.04. The zero-order chi connectivity index (χ0) is 13.4. The number of amides is 1. The maximum Gasteiger partial charge on any atom is 0.220 e. The third kappa shape index (κ3) is 4.37. The van der Waals surface area contributed by atoms with E-state index in [1.807, 2.05) is 31.2 Å². The minimum atomic E-state index is -0.0216. The first-order chi connectivity index (χ1) is 8.71. The van der Waals surface area contributed by atoms with Crippen LogP contribution in [0.2, 0.25) is 0 Å². The van der Waals surface area contributed by atoms with Gasteiger partial charge in [0.1, 0.15) is 5.75 Å². The largest absolute Gasteiger partial charge is 0.497 e. The number of carbonyl (C=O) groups excluding carboxylic acids is 1. The third-order valence-corrected chi connectivity index (χ3v) is 2.82. The van der Waals surface area contributed by atoms with Crippen molar-refractivity contribution in [3.63, 3.8) is 0 Å². The molecule has 0 bridgehead atoms. The van der Waals surface area contributed by atoms with Crippen molar-refractivity contribution in [3.8, 4) is 5.75 Å². The quantitative estimate of drug-likeness (QED) is 0.779. The van der Waals surface area contributed by atoms with Gasteiger partial charge in [0.05, 0.1) is 13.2 Å². The smallest absolute Gasteiger partial charge is 0.220 e. The average Bonchev–Trinajstić information content (AvgIpc) is 2.42. The van der Waals surface area contributed by atoms with Crippen LogP contribution >= 0.6 is 0 Å². The maximum atomic E-state index is 11.6. The molecule has 0 heterocycles. The molecule has 4 nitrogen and oxygen atoms in total. The zero-order valence-electron chi connectivity index (χ0n) is 11.0. The van der Waals surface area contributed by atoms with Crippen LogP contribution in [0.3, 0.4) is 0 Å². The van der Waals surface area contributed by atoms with E-state index in [4.69, 9.17) is 9.84 Å². The second-order valence-corrected chi connectivity index (χ2v) is 4.13. The number of nitrogens with one attached hydrogen (secondary N) is 1. The highest BCUT2D eigenvalue weighted by Gasteiger charge is 2.12. The average molecular weight is 251 g/mol. The van der Waals surface area contributed by atoms with Crippen molar-refractivity contribution in [2.75, 3.05) is 13.7 Å². The van der Waals surface area contributed by atoms with Gasteiger partial charge in [-0.25, -0.2) is 0 Å². The Hall–Kier alpha value is -1.55. The number of methoxy groups -OCH3 is 1. The molecule has 0 radical (unpaired) electrons. The van der Waals surface area contributed by atoms with Gasteiger partial charge in [-0.3, -0.25) is 4.79 Å². The molecule has 0 saturated heterocycles. The molecule has 18 heavy (non-hydrogen) atoms. The first kappa shape index (κ1) is 14.5. The summed E-state index contributed by atoms with van der Waals surface area (Å²) in [6, 6.07) is 7.70. The first-order valence-electron chi connectivity index (χ1n) is 6.25. The van der Waals surface area contributed by atoms with Crippen LogP contribution in [0.15, 0.2) is 24.3 Å². The molecule has 0 saturated carbocycles. The van der Waals surface area contributed by atoms with E-state index < -0.39 is 0 Å². The van der Waals surface area contributed by atoms with E-state index in [1.165, 1.54) is 0 Å². The number of carbonyl (C=O) groups is 1. The SMILES string of the molecule is CCC(NC(=O)CCCO)c1ccc(OC)cc1. The summed E-state index contributed by atoms with van der Waals surface area (Å²) in [7, 11) is 1.63. The van der Waals surface area contributed by atoms with Crippen LogP contribution in [0.1, 0.15) is 37.8 Å². The Kier molecular flexibility index (Phi) is 6.22. The lowest BCUT2D eigenvalue weighted by atomic mass is 10.0. The minimum Gasteiger partial charge on any atom is -0.497 e. The zero-order valence-corrected chi connectivity index (χ0v) is 11.0. The first-order valence-corrected chi connectivity index (χ1v) is 6.25. The summed E-state index contributed by atoms with van der Waals surface area (Å²) in [5, 5.41) is 11.7. The molecule has 1 unspecified atom stereocenters. The van der Waals surface area contributed by atoms with Crippen LogP contribution in [0.25, 0.3) is 0 Å². The summed E-state index contributed by atoms with van der Waals surface area (Å²) in [5.74, 6) is 0.784. The summed E-state index contributed by atoms with van der Waals surface area (Å²) < 4.78 is 5.10. The molecule has 2 N–H and O–H groups in total. The Balaban J connectivity index is 2.61. The lowest BCUT2D eigenvalue weighted by molar-refractivity contribution is -0.122. The predicted molar refractivity (Wildman–Crippen MR) is 70.5 cm³/mol. The standard InChI is InChI=1S/C14H21NO3/c1-3-13(15-14(17)5-4-10-16)11-6-8-12(18-2)9-7-11/h6-9,13,16H,3-5,10H2,1-2H3,(H,15,17). The minimum absolute atomic E-state index is 0.0158. The normalized spacial score (nSPS) is 11.9. The lowest BCUT2D eigenvalue weighted by Crippen LogP contribution is -2.28. The summed E-state index contributed by atoms with van der Waals surface area (Å²) >= 11 is 0. The molecule has 1 aromatic carbocycles. The molecule has 0 spiro atoms. The fourth-order valence-electron chi connectivity index (χ4n) is 1.76. The van der Waals surface area contributed by atoms with Gasteiger partial charge in [-0.1, -0.05) is 19.1 Å². The summed E-state index contributed by atoms with van der Waals surface area (Å²) in [5.41, 5.74) is 1.07. The summed E-state index contributed by atoms with van der Waals surface area (Å²) in [6.45, 7) is 2.08. The van der Waals surface area contributed by atoms with E-state index in [0.29, 0.717) is 12.8 Å². The van der Waals surface area contributed by atoms with E-state index >= 15 is 0 Å². The van der Waals surface area contributed by atoms with Gasteiger partial charge in [0.15, 0.2) is 0 Å². The molecule has 4 heteroatoms. The molecule has 0 aliphatic heterocycles. The van der Waals surface area contributed by atoms with Gasteiger partial charge in [0.2, 0.25) is 5.91 Å². The molecule has 1 amide bonds. The van der Waals surface area contributed by atoms with E-state index in [9.17, 15) is 4.79 Å². The third-order valence-electron chi connectivity index (χ3n) is 2.82. The molecule has 0 fully saturated rings. The van der Waals surface area contributed by atoms with Crippen molar-refractivity contribution < 1.29 is 14.6 Å². The van der Waals surface area contributed by atoms with Crippen LogP contribution in [0.5, 0.6) is 5.75 Å². The van der Waals surface area contributed by atoms with E-state index in [2.05, 4.69) is 5.32 Å². The number of hydrogen-bond acceptors (Lipinski definition) is 3. The van der Waals surface area contributed by atoms with Crippen molar-refractivity contribution in [2.24, 2.45) is 0 Å². The van der Waals surface area contributed by atoms with Gasteiger partial charge in [-0.15, -0.1) is 0 Å². The Bertz CT molecular complexity index is 362. The second-order valence-electron chi connectivity index (χ2n) is 4.13. The second kappa shape index (κ2) is 7.71. The molecule has 0 aliphatic carbocycles. The van der Waals surface area contributed by atoms with Crippen molar-refractivity contribution in [1.29, 1.82) is 0 Å². The van der Waals surface area contributed by atoms with Gasteiger partial charge in [0.25, 0.3) is 0 Å². The fraction of sp³-hybridized carbons (Fsp3) is 0.500. The molecular weight excluding hydrogens is 230 g/mol. The van der Waals surface area contributed by atoms with Gasteiger partial charge >= 0.3 is 0 Å². The molecule has 0 aliphatic rings. The number of hydrogen-bond donors (Lipinski definition) is 2. The lowest BCUT2D eigenvalue weighted by Gasteiger charge is -2.17.